The third-order valence-corrected chi connectivity index (χ3v) is 6.35. The van der Waals surface area contributed by atoms with Crippen LogP contribution in [0.15, 0.2) is 18.2 Å². The van der Waals surface area contributed by atoms with Crippen molar-refractivity contribution in [3.63, 3.8) is 0 Å². The van der Waals surface area contributed by atoms with Crippen LogP contribution in [0.1, 0.15) is 78.6 Å². The summed E-state index contributed by atoms with van der Waals surface area (Å²) in [5.74, 6) is 1.69. The highest BCUT2D eigenvalue weighted by Crippen LogP contribution is 2.37. The molecule has 0 aromatic heterocycles. The predicted molar refractivity (Wildman–Crippen MR) is 117 cm³/mol. The number of ether oxygens (including phenoxy) is 1. The monoisotopic (exact) mass is 400 g/mol. The molecule has 2 aliphatic rings. The van der Waals surface area contributed by atoms with Crippen LogP contribution in [0.5, 0.6) is 5.75 Å². The van der Waals surface area contributed by atoms with Gasteiger partial charge in [0.25, 0.3) is 5.91 Å². The van der Waals surface area contributed by atoms with Crippen LogP contribution in [-0.2, 0) is 9.59 Å². The maximum Gasteiger partial charge on any atom is 0.267 e. The second-order valence-corrected chi connectivity index (χ2v) is 8.64. The molecule has 1 atom stereocenters. The Morgan fingerprint density at radius 2 is 1.86 bits per heavy atom. The molecule has 5 nitrogen and oxygen atoms in total. The third kappa shape index (κ3) is 5.31. The summed E-state index contributed by atoms with van der Waals surface area (Å²) in [5.41, 5.74) is 1.51. The van der Waals surface area contributed by atoms with Crippen molar-refractivity contribution in [1.82, 2.24) is 0 Å². The first-order chi connectivity index (χ1) is 14.0. The van der Waals surface area contributed by atoms with E-state index in [9.17, 15) is 9.59 Å². The van der Waals surface area contributed by atoms with Crippen molar-refractivity contribution in [2.75, 3.05) is 16.8 Å². The van der Waals surface area contributed by atoms with E-state index in [4.69, 9.17) is 4.74 Å². The van der Waals surface area contributed by atoms with Crippen molar-refractivity contribution in [1.29, 1.82) is 0 Å². The van der Waals surface area contributed by atoms with Gasteiger partial charge in [-0.25, -0.2) is 0 Å². The topological polar surface area (TPSA) is 58.6 Å². The van der Waals surface area contributed by atoms with Gasteiger partial charge in [-0.1, -0.05) is 39.5 Å². The minimum Gasteiger partial charge on any atom is -0.479 e. The van der Waals surface area contributed by atoms with Gasteiger partial charge in [-0.3, -0.25) is 9.59 Å². The summed E-state index contributed by atoms with van der Waals surface area (Å²) < 4.78 is 5.77. The quantitative estimate of drug-likeness (QED) is 0.624. The molecule has 1 aromatic carbocycles. The number of carbonyl (C=O) groups excluding carboxylic acids is 2. The van der Waals surface area contributed by atoms with E-state index in [1.165, 1.54) is 19.3 Å². The number of nitrogens with one attached hydrogen (secondary N) is 1. The standard InChI is InChI=1S/C24H36N2O3/c1-4-6-8-18-9-11-19(12-10-18)23(27)25-20-13-14-22-21(16-20)26(15-7-5-2)24(28)17(3)29-22/h13-14,16-19H,4-12,15H2,1-3H3,(H,25,27). The molecular formula is C24H36N2O3. The van der Waals surface area contributed by atoms with Gasteiger partial charge in [0.15, 0.2) is 6.10 Å². The van der Waals surface area contributed by atoms with Crippen LogP contribution in [0.2, 0.25) is 0 Å². The van der Waals surface area contributed by atoms with E-state index >= 15 is 0 Å². The Morgan fingerprint density at radius 1 is 1.14 bits per heavy atom. The predicted octanol–water partition coefficient (Wildman–Crippen LogP) is 5.54. The number of hydrogen-bond acceptors (Lipinski definition) is 3. The molecule has 1 heterocycles. The summed E-state index contributed by atoms with van der Waals surface area (Å²) in [4.78, 5) is 27.2. The van der Waals surface area contributed by atoms with Crippen LogP contribution in [0, 0.1) is 11.8 Å². The van der Waals surface area contributed by atoms with E-state index in [1.54, 1.807) is 6.92 Å². The van der Waals surface area contributed by atoms with Crippen LogP contribution >= 0.6 is 0 Å². The molecule has 0 radical (unpaired) electrons. The Hall–Kier alpha value is -2.04. The molecule has 2 amide bonds. The maximum absolute atomic E-state index is 12.8. The van der Waals surface area contributed by atoms with Gasteiger partial charge in [0.2, 0.25) is 5.91 Å². The number of carbonyl (C=O) groups is 2. The van der Waals surface area contributed by atoms with Crippen molar-refractivity contribution in [2.24, 2.45) is 11.8 Å². The molecule has 1 aliphatic heterocycles. The fourth-order valence-corrected chi connectivity index (χ4v) is 4.48. The van der Waals surface area contributed by atoms with Crippen LogP contribution in [0.3, 0.4) is 0 Å². The first-order valence-electron chi connectivity index (χ1n) is 11.5. The summed E-state index contributed by atoms with van der Waals surface area (Å²) in [6.07, 6.45) is 9.61. The van der Waals surface area contributed by atoms with Crippen molar-refractivity contribution >= 4 is 23.2 Å². The lowest BCUT2D eigenvalue weighted by Gasteiger charge is -2.33. The number of unbranched alkanes of at least 4 members (excludes halogenated alkanes) is 2. The smallest absolute Gasteiger partial charge is 0.267 e. The number of benzene rings is 1. The fourth-order valence-electron chi connectivity index (χ4n) is 4.48. The molecule has 0 saturated heterocycles. The molecule has 1 aromatic rings. The molecule has 5 heteroatoms. The van der Waals surface area contributed by atoms with E-state index in [0.717, 1.165) is 55.8 Å². The zero-order valence-electron chi connectivity index (χ0n) is 18.2. The average molecular weight is 401 g/mol. The first kappa shape index (κ1) is 21.7. The van der Waals surface area contributed by atoms with E-state index in [1.807, 2.05) is 23.1 Å². The highest BCUT2D eigenvalue weighted by Gasteiger charge is 2.32. The molecule has 1 fully saturated rings. The Bertz CT molecular complexity index is 710. The third-order valence-electron chi connectivity index (χ3n) is 6.35. The molecular weight excluding hydrogens is 364 g/mol. The van der Waals surface area contributed by atoms with Gasteiger partial charge in [0.05, 0.1) is 5.69 Å². The normalized spacial score (nSPS) is 24.0. The molecule has 0 spiro atoms. The number of amides is 2. The number of hydrogen-bond donors (Lipinski definition) is 1. The molecule has 1 unspecified atom stereocenters. The Kier molecular flexibility index (Phi) is 7.57. The summed E-state index contributed by atoms with van der Waals surface area (Å²) in [7, 11) is 0. The minimum absolute atomic E-state index is 0.0140. The van der Waals surface area contributed by atoms with Crippen molar-refractivity contribution in [3.8, 4) is 5.75 Å². The Morgan fingerprint density at radius 3 is 2.55 bits per heavy atom. The Balaban J connectivity index is 1.64. The van der Waals surface area contributed by atoms with Crippen LogP contribution in [0.4, 0.5) is 11.4 Å². The summed E-state index contributed by atoms with van der Waals surface area (Å²) in [6.45, 7) is 6.81. The van der Waals surface area contributed by atoms with E-state index in [-0.39, 0.29) is 17.7 Å². The van der Waals surface area contributed by atoms with Crippen molar-refractivity contribution in [2.45, 2.75) is 84.7 Å². The number of anilines is 2. The zero-order chi connectivity index (χ0) is 20.8. The number of nitrogens with zero attached hydrogens (tertiary/aromatic N) is 1. The van der Waals surface area contributed by atoms with Crippen LogP contribution < -0.4 is 15.0 Å². The summed E-state index contributed by atoms with van der Waals surface area (Å²) >= 11 is 0. The van der Waals surface area contributed by atoms with Gasteiger partial charge in [-0.05, 0) is 63.1 Å². The molecule has 1 saturated carbocycles. The highest BCUT2D eigenvalue weighted by atomic mass is 16.5. The van der Waals surface area contributed by atoms with Crippen LogP contribution in [0.25, 0.3) is 0 Å². The molecule has 160 valence electrons. The minimum atomic E-state index is -0.470. The Labute approximate surface area is 175 Å². The van der Waals surface area contributed by atoms with E-state index in [2.05, 4.69) is 19.2 Å². The van der Waals surface area contributed by atoms with Gasteiger partial charge in [-0.2, -0.15) is 0 Å². The van der Waals surface area contributed by atoms with Crippen LogP contribution in [-0.4, -0.2) is 24.5 Å². The maximum atomic E-state index is 12.8. The molecule has 1 N–H and O–H groups in total. The summed E-state index contributed by atoms with van der Waals surface area (Å²) in [6, 6.07) is 5.64. The first-order valence-corrected chi connectivity index (χ1v) is 11.5. The number of fused-ring (bicyclic) bond motifs is 1. The van der Waals surface area contributed by atoms with E-state index in [0.29, 0.717) is 12.3 Å². The molecule has 29 heavy (non-hydrogen) atoms. The van der Waals surface area contributed by atoms with Gasteiger partial charge in [-0.15, -0.1) is 0 Å². The number of rotatable bonds is 8. The summed E-state index contributed by atoms with van der Waals surface area (Å²) in [5, 5.41) is 3.09. The lowest BCUT2D eigenvalue weighted by Crippen LogP contribution is -2.44. The fraction of sp³-hybridized carbons (Fsp3) is 0.667. The second-order valence-electron chi connectivity index (χ2n) is 8.64. The lowest BCUT2D eigenvalue weighted by molar-refractivity contribution is -0.125. The second kappa shape index (κ2) is 10.1. The van der Waals surface area contributed by atoms with Gasteiger partial charge >= 0.3 is 0 Å². The molecule has 3 rings (SSSR count). The largest absolute Gasteiger partial charge is 0.479 e. The van der Waals surface area contributed by atoms with Gasteiger partial charge in [0, 0.05) is 18.2 Å². The van der Waals surface area contributed by atoms with Crippen molar-refractivity contribution < 1.29 is 14.3 Å². The average Bonchev–Trinajstić information content (AvgIpc) is 2.73. The molecule has 1 aliphatic carbocycles. The lowest BCUT2D eigenvalue weighted by atomic mass is 9.79. The van der Waals surface area contributed by atoms with Gasteiger partial charge < -0.3 is 15.0 Å². The zero-order valence-corrected chi connectivity index (χ0v) is 18.2. The SMILES string of the molecule is CCCCC1CCC(C(=O)Nc2ccc3c(c2)N(CCCC)C(=O)C(C)O3)CC1. The highest BCUT2D eigenvalue weighted by molar-refractivity contribution is 6.01. The van der Waals surface area contributed by atoms with Gasteiger partial charge in [0.1, 0.15) is 5.75 Å². The van der Waals surface area contributed by atoms with Crippen molar-refractivity contribution in [3.05, 3.63) is 18.2 Å². The van der Waals surface area contributed by atoms with E-state index < -0.39 is 6.10 Å². The molecule has 0 bridgehead atoms.